The summed E-state index contributed by atoms with van der Waals surface area (Å²) in [5, 5.41) is 13.1. The fourth-order valence-electron chi connectivity index (χ4n) is 2.89. The molecule has 0 radical (unpaired) electrons. The van der Waals surface area contributed by atoms with Gasteiger partial charge in [0.25, 0.3) is 0 Å². The molecule has 1 aliphatic carbocycles. The molecule has 1 aliphatic rings. The monoisotopic (exact) mass is 307 g/mol. The number of aliphatic hydroxyl groups is 1. The maximum Gasteiger partial charge on any atom is 0.226 e. The minimum Gasteiger partial charge on any atom is -0.387 e. The molecule has 1 aromatic rings. The van der Waals surface area contributed by atoms with Gasteiger partial charge in [0, 0.05) is 12.3 Å². The molecule has 2 rings (SSSR count). The number of thioether (sulfide) groups is 1. The zero-order valence-electron chi connectivity index (χ0n) is 12.9. The number of hydrogen-bond acceptors (Lipinski definition) is 3. The van der Waals surface area contributed by atoms with E-state index in [9.17, 15) is 9.90 Å². The van der Waals surface area contributed by atoms with Gasteiger partial charge in [-0.05, 0) is 38.0 Å². The van der Waals surface area contributed by atoms with Gasteiger partial charge in [-0.25, -0.2) is 0 Å². The maximum atomic E-state index is 12.6. The predicted octanol–water partition coefficient (Wildman–Crippen LogP) is 2.63. The molecule has 0 spiro atoms. The van der Waals surface area contributed by atoms with Gasteiger partial charge in [-0.3, -0.25) is 4.79 Å². The average molecular weight is 307 g/mol. The van der Waals surface area contributed by atoms with E-state index in [1.807, 2.05) is 24.5 Å². The molecule has 0 saturated heterocycles. The van der Waals surface area contributed by atoms with Crippen LogP contribution in [0, 0.1) is 5.41 Å². The number of carbonyl (C=O) groups is 1. The van der Waals surface area contributed by atoms with E-state index < -0.39 is 5.60 Å². The van der Waals surface area contributed by atoms with Gasteiger partial charge >= 0.3 is 0 Å². The first-order valence-electron chi connectivity index (χ1n) is 7.51. The van der Waals surface area contributed by atoms with E-state index in [1.54, 1.807) is 18.7 Å². The second-order valence-corrected chi connectivity index (χ2v) is 7.27. The van der Waals surface area contributed by atoms with E-state index in [-0.39, 0.29) is 11.3 Å². The van der Waals surface area contributed by atoms with Gasteiger partial charge in [0.15, 0.2) is 0 Å². The van der Waals surface area contributed by atoms with Gasteiger partial charge in [0.2, 0.25) is 5.91 Å². The van der Waals surface area contributed by atoms with E-state index in [0.29, 0.717) is 12.3 Å². The van der Waals surface area contributed by atoms with Crippen LogP contribution in [0.5, 0.6) is 0 Å². The van der Waals surface area contributed by atoms with Gasteiger partial charge in [-0.15, -0.1) is 0 Å². The van der Waals surface area contributed by atoms with Crippen LogP contribution in [0.2, 0.25) is 0 Å². The van der Waals surface area contributed by atoms with Gasteiger partial charge in [0.05, 0.1) is 11.0 Å². The Kier molecular flexibility index (Phi) is 5.33. The summed E-state index contributed by atoms with van der Waals surface area (Å²) in [4.78, 5) is 12.6. The van der Waals surface area contributed by atoms with Crippen molar-refractivity contribution in [3.8, 4) is 0 Å². The zero-order valence-corrected chi connectivity index (χ0v) is 13.7. The highest BCUT2D eigenvalue weighted by Crippen LogP contribution is 2.44. The molecule has 3 nitrogen and oxygen atoms in total. The highest BCUT2D eigenvalue weighted by Gasteiger charge is 2.44. The normalized spacial score (nSPS) is 19.4. The SMILES string of the molecule is CSCC(C)(O)CNC(=O)C1(Cc2ccccc2)CCC1. The number of amides is 1. The van der Waals surface area contributed by atoms with Crippen molar-refractivity contribution < 1.29 is 9.90 Å². The fourth-order valence-corrected chi connectivity index (χ4v) is 3.62. The lowest BCUT2D eigenvalue weighted by molar-refractivity contribution is -0.136. The summed E-state index contributed by atoms with van der Waals surface area (Å²) in [5.74, 6) is 0.720. The minimum absolute atomic E-state index is 0.0963. The lowest BCUT2D eigenvalue weighted by Crippen LogP contribution is -2.51. The van der Waals surface area contributed by atoms with Crippen molar-refractivity contribution in [3.63, 3.8) is 0 Å². The van der Waals surface area contributed by atoms with Crippen molar-refractivity contribution >= 4 is 17.7 Å². The molecule has 1 amide bonds. The van der Waals surface area contributed by atoms with Crippen LogP contribution < -0.4 is 5.32 Å². The standard InChI is InChI=1S/C17H25NO2S/c1-16(20,13-21-2)12-18-15(19)17(9-6-10-17)11-14-7-4-3-5-8-14/h3-5,7-8,20H,6,9-13H2,1-2H3,(H,18,19). The molecule has 1 aromatic carbocycles. The molecule has 0 aliphatic heterocycles. The van der Waals surface area contributed by atoms with E-state index in [1.165, 1.54) is 5.56 Å². The zero-order chi connectivity index (χ0) is 15.3. The summed E-state index contributed by atoms with van der Waals surface area (Å²) in [7, 11) is 0. The molecule has 0 heterocycles. The third-order valence-electron chi connectivity index (χ3n) is 4.26. The topological polar surface area (TPSA) is 49.3 Å². The largest absolute Gasteiger partial charge is 0.387 e. The predicted molar refractivity (Wildman–Crippen MR) is 88.4 cm³/mol. The van der Waals surface area contributed by atoms with Crippen LogP contribution >= 0.6 is 11.8 Å². The van der Waals surface area contributed by atoms with Crippen molar-refractivity contribution in [2.75, 3.05) is 18.6 Å². The lowest BCUT2D eigenvalue weighted by Gasteiger charge is -2.41. The molecule has 4 heteroatoms. The Bertz CT molecular complexity index is 469. The Morgan fingerprint density at radius 3 is 2.57 bits per heavy atom. The first-order valence-corrected chi connectivity index (χ1v) is 8.90. The number of benzene rings is 1. The number of nitrogens with one attached hydrogen (secondary N) is 1. The van der Waals surface area contributed by atoms with E-state index in [4.69, 9.17) is 0 Å². The van der Waals surface area contributed by atoms with Crippen LogP contribution in [-0.4, -0.2) is 35.2 Å². The summed E-state index contributed by atoms with van der Waals surface area (Å²) in [5.41, 5.74) is 0.104. The Balaban J connectivity index is 1.95. The van der Waals surface area contributed by atoms with E-state index >= 15 is 0 Å². The molecule has 1 saturated carbocycles. The molecular weight excluding hydrogens is 282 g/mol. The molecule has 116 valence electrons. The summed E-state index contributed by atoms with van der Waals surface area (Å²) >= 11 is 1.59. The summed E-state index contributed by atoms with van der Waals surface area (Å²) in [6, 6.07) is 10.2. The third kappa shape index (κ3) is 4.24. The van der Waals surface area contributed by atoms with E-state index in [2.05, 4.69) is 17.4 Å². The van der Waals surface area contributed by atoms with E-state index in [0.717, 1.165) is 25.7 Å². The van der Waals surface area contributed by atoms with Crippen LogP contribution in [-0.2, 0) is 11.2 Å². The summed E-state index contributed by atoms with van der Waals surface area (Å²) < 4.78 is 0. The van der Waals surface area contributed by atoms with Crippen LogP contribution in [0.4, 0.5) is 0 Å². The number of rotatable bonds is 7. The van der Waals surface area contributed by atoms with Crippen molar-refractivity contribution in [2.24, 2.45) is 5.41 Å². The molecular formula is C17H25NO2S. The lowest BCUT2D eigenvalue weighted by atomic mass is 9.64. The van der Waals surface area contributed by atoms with Crippen molar-refractivity contribution in [2.45, 2.75) is 38.2 Å². The molecule has 2 N–H and O–H groups in total. The van der Waals surface area contributed by atoms with Gasteiger partial charge in [0.1, 0.15) is 0 Å². The molecule has 0 aromatic heterocycles. The van der Waals surface area contributed by atoms with Gasteiger partial charge in [-0.2, -0.15) is 11.8 Å². The number of carbonyl (C=O) groups excluding carboxylic acids is 1. The third-order valence-corrected chi connectivity index (χ3v) is 5.17. The molecule has 1 unspecified atom stereocenters. The van der Waals surface area contributed by atoms with Crippen molar-refractivity contribution in [1.82, 2.24) is 5.32 Å². The van der Waals surface area contributed by atoms with Crippen molar-refractivity contribution in [1.29, 1.82) is 0 Å². The first kappa shape index (κ1) is 16.4. The second kappa shape index (κ2) is 6.84. The Morgan fingerprint density at radius 2 is 2.05 bits per heavy atom. The summed E-state index contributed by atoms with van der Waals surface area (Å²) in [6.45, 7) is 2.09. The van der Waals surface area contributed by atoms with Gasteiger partial charge < -0.3 is 10.4 Å². The summed E-state index contributed by atoms with van der Waals surface area (Å²) in [6.07, 6.45) is 5.75. The smallest absolute Gasteiger partial charge is 0.226 e. The van der Waals surface area contributed by atoms with Crippen LogP contribution in [0.25, 0.3) is 0 Å². The Labute approximate surface area is 131 Å². The molecule has 1 atom stereocenters. The minimum atomic E-state index is -0.841. The fraction of sp³-hybridized carbons (Fsp3) is 0.588. The van der Waals surface area contributed by atoms with Gasteiger partial charge in [-0.1, -0.05) is 36.8 Å². The second-order valence-electron chi connectivity index (χ2n) is 6.41. The quantitative estimate of drug-likeness (QED) is 0.814. The molecule has 1 fully saturated rings. The van der Waals surface area contributed by atoms with Crippen LogP contribution in [0.15, 0.2) is 30.3 Å². The first-order chi connectivity index (χ1) is 9.97. The highest BCUT2D eigenvalue weighted by molar-refractivity contribution is 7.98. The molecule has 21 heavy (non-hydrogen) atoms. The highest BCUT2D eigenvalue weighted by atomic mass is 32.2. The van der Waals surface area contributed by atoms with Crippen molar-refractivity contribution in [3.05, 3.63) is 35.9 Å². The van der Waals surface area contributed by atoms with Crippen LogP contribution in [0.1, 0.15) is 31.7 Å². The number of hydrogen-bond donors (Lipinski definition) is 2. The maximum absolute atomic E-state index is 12.6. The van der Waals surface area contributed by atoms with Crippen LogP contribution in [0.3, 0.4) is 0 Å². The molecule has 0 bridgehead atoms. The Hall–Kier alpha value is -1.00. The Morgan fingerprint density at radius 1 is 1.38 bits per heavy atom. The average Bonchev–Trinajstić information content (AvgIpc) is 2.41.